The van der Waals surface area contributed by atoms with Crippen molar-refractivity contribution in [3.63, 3.8) is 0 Å². The first-order valence-electron chi connectivity index (χ1n) is 6.06. The van der Waals surface area contributed by atoms with Crippen molar-refractivity contribution in [1.29, 1.82) is 5.26 Å². The molecule has 0 radical (unpaired) electrons. The Labute approximate surface area is 125 Å². The first-order chi connectivity index (χ1) is 10.1. The molecule has 0 unspecified atom stereocenters. The summed E-state index contributed by atoms with van der Waals surface area (Å²) in [7, 11) is 0. The molecule has 1 N–H and O–H groups in total. The van der Waals surface area contributed by atoms with Crippen molar-refractivity contribution < 1.29 is 13.5 Å². The number of hydrogen-bond acceptors (Lipinski definition) is 3. The molecular weight excluding hydrogens is 298 g/mol. The Morgan fingerprint density at radius 1 is 1.19 bits per heavy atom. The van der Waals surface area contributed by atoms with Gasteiger partial charge in [-0.1, -0.05) is 17.7 Å². The van der Waals surface area contributed by atoms with Crippen molar-refractivity contribution in [1.82, 2.24) is 0 Å². The minimum Gasteiger partial charge on any atom is -0.435 e. The van der Waals surface area contributed by atoms with Crippen molar-refractivity contribution in [2.45, 2.75) is 13.2 Å². The van der Waals surface area contributed by atoms with Gasteiger partial charge in [0.05, 0.1) is 11.6 Å². The molecule has 21 heavy (non-hydrogen) atoms. The van der Waals surface area contributed by atoms with Gasteiger partial charge in [-0.25, -0.2) is 0 Å². The minimum atomic E-state index is -2.83. The second-order valence-electron chi connectivity index (χ2n) is 4.17. The zero-order valence-electron chi connectivity index (χ0n) is 10.8. The molecule has 2 aromatic carbocycles. The molecule has 0 aliphatic heterocycles. The average Bonchev–Trinajstić information content (AvgIpc) is 2.47. The molecule has 108 valence electrons. The van der Waals surface area contributed by atoms with E-state index >= 15 is 0 Å². The number of benzene rings is 2. The predicted molar refractivity (Wildman–Crippen MR) is 76.6 cm³/mol. The van der Waals surface area contributed by atoms with Gasteiger partial charge >= 0.3 is 6.61 Å². The van der Waals surface area contributed by atoms with Crippen LogP contribution in [0, 0.1) is 11.3 Å². The number of ether oxygens (including phenoxy) is 1. The minimum absolute atomic E-state index is 0.104. The van der Waals surface area contributed by atoms with Gasteiger partial charge in [0, 0.05) is 17.3 Å². The van der Waals surface area contributed by atoms with Crippen LogP contribution in [0.5, 0.6) is 5.75 Å². The summed E-state index contributed by atoms with van der Waals surface area (Å²) >= 11 is 6.06. The molecule has 0 aliphatic rings. The van der Waals surface area contributed by atoms with Gasteiger partial charge in [0.15, 0.2) is 0 Å². The molecule has 0 fully saturated rings. The molecule has 0 bridgehead atoms. The summed E-state index contributed by atoms with van der Waals surface area (Å²) in [5, 5.41) is 12.4. The Kier molecular flexibility index (Phi) is 4.96. The summed E-state index contributed by atoms with van der Waals surface area (Å²) in [6.07, 6.45) is 0. The number of nitrogens with zero attached hydrogens (tertiary/aromatic N) is 1. The Hall–Kier alpha value is -2.32. The van der Waals surface area contributed by atoms with E-state index in [4.69, 9.17) is 16.9 Å². The normalized spacial score (nSPS) is 10.2. The summed E-state index contributed by atoms with van der Waals surface area (Å²) in [5.74, 6) is 0.104. The Balaban J connectivity index is 1.98. The van der Waals surface area contributed by atoms with E-state index in [-0.39, 0.29) is 5.75 Å². The summed E-state index contributed by atoms with van der Waals surface area (Å²) in [6, 6.07) is 13.2. The number of anilines is 1. The molecule has 0 aromatic heterocycles. The Morgan fingerprint density at radius 3 is 2.48 bits per heavy atom. The fraction of sp³-hybridized carbons (Fsp3) is 0.133. The molecule has 2 rings (SSSR count). The fourth-order valence-electron chi connectivity index (χ4n) is 1.71. The molecule has 2 aromatic rings. The molecule has 0 saturated carbocycles. The summed E-state index contributed by atoms with van der Waals surface area (Å²) in [4.78, 5) is 0. The maximum atomic E-state index is 12.0. The van der Waals surface area contributed by atoms with Gasteiger partial charge in [-0.05, 0) is 42.0 Å². The largest absolute Gasteiger partial charge is 0.435 e. The van der Waals surface area contributed by atoms with Crippen molar-refractivity contribution in [2.75, 3.05) is 5.32 Å². The average molecular weight is 309 g/mol. The summed E-state index contributed by atoms with van der Waals surface area (Å²) in [5.41, 5.74) is 2.08. The van der Waals surface area contributed by atoms with E-state index in [1.807, 2.05) is 6.07 Å². The third-order valence-corrected chi connectivity index (χ3v) is 3.10. The molecule has 6 heteroatoms. The van der Waals surface area contributed by atoms with Crippen LogP contribution in [-0.2, 0) is 6.54 Å². The van der Waals surface area contributed by atoms with Crippen LogP contribution in [0.3, 0.4) is 0 Å². The van der Waals surface area contributed by atoms with Gasteiger partial charge in [0.25, 0.3) is 0 Å². The number of hydrogen-bond donors (Lipinski definition) is 1. The second kappa shape index (κ2) is 6.91. The fourth-order valence-corrected chi connectivity index (χ4v) is 1.96. The van der Waals surface area contributed by atoms with Crippen LogP contribution in [0.25, 0.3) is 0 Å². The van der Waals surface area contributed by atoms with Gasteiger partial charge in [-0.15, -0.1) is 0 Å². The molecule has 0 heterocycles. The van der Waals surface area contributed by atoms with Crippen LogP contribution in [0.15, 0.2) is 42.5 Å². The number of alkyl halides is 2. The smallest absolute Gasteiger partial charge is 0.387 e. The van der Waals surface area contributed by atoms with Crippen molar-refractivity contribution in [3.8, 4) is 11.8 Å². The number of nitriles is 1. The van der Waals surface area contributed by atoms with Crippen LogP contribution >= 0.6 is 11.6 Å². The lowest BCUT2D eigenvalue weighted by atomic mass is 10.1. The number of nitrogens with one attached hydrogen (secondary N) is 1. The second-order valence-corrected chi connectivity index (χ2v) is 4.58. The highest BCUT2D eigenvalue weighted by Gasteiger charge is 2.05. The molecule has 0 atom stereocenters. The van der Waals surface area contributed by atoms with Gasteiger partial charge in [-0.2, -0.15) is 14.0 Å². The standard InChI is InChI=1S/C15H11ClF2N2O/c16-14-7-10(8-19)1-2-11(14)9-20-12-3-5-13(6-4-12)21-15(17)18/h1-7,15,20H,9H2. The third-order valence-electron chi connectivity index (χ3n) is 2.74. The lowest BCUT2D eigenvalue weighted by Gasteiger charge is -2.09. The maximum absolute atomic E-state index is 12.0. The van der Waals surface area contributed by atoms with E-state index in [2.05, 4.69) is 10.1 Å². The van der Waals surface area contributed by atoms with E-state index in [0.717, 1.165) is 11.3 Å². The number of halogens is 3. The zero-order valence-corrected chi connectivity index (χ0v) is 11.6. The highest BCUT2D eigenvalue weighted by atomic mass is 35.5. The molecule has 0 saturated heterocycles. The molecular formula is C15H11ClF2N2O. The van der Waals surface area contributed by atoms with Crippen LogP contribution in [0.1, 0.15) is 11.1 Å². The molecule has 0 amide bonds. The predicted octanol–water partition coefficient (Wildman–Crippen LogP) is 4.43. The summed E-state index contributed by atoms with van der Waals surface area (Å²) < 4.78 is 28.3. The monoisotopic (exact) mass is 308 g/mol. The van der Waals surface area contributed by atoms with Crippen molar-refractivity contribution >= 4 is 17.3 Å². The first kappa shape index (κ1) is 15.1. The van der Waals surface area contributed by atoms with Gasteiger partial charge < -0.3 is 10.1 Å². The number of rotatable bonds is 5. The third kappa shape index (κ3) is 4.33. The van der Waals surface area contributed by atoms with Gasteiger partial charge in [-0.3, -0.25) is 0 Å². The van der Waals surface area contributed by atoms with Crippen molar-refractivity contribution in [2.24, 2.45) is 0 Å². The van der Waals surface area contributed by atoms with Crippen LogP contribution < -0.4 is 10.1 Å². The molecule has 0 spiro atoms. The lowest BCUT2D eigenvalue weighted by molar-refractivity contribution is -0.0498. The Morgan fingerprint density at radius 2 is 1.90 bits per heavy atom. The molecule has 0 aliphatic carbocycles. The first-order valence-corrected chi connectivity index (χ1v) is 6.43. The maximum Gasteiger partial charge on any atom is 0.387 e. The van der Waals surface area contributed by atoms with E-state index in [1.165, 1.54) is 12.1 Å². The van der Waals surface area contributed by atoms with Gasteiger partial charge in [0.1, 0.15) is 5.75 Å². The van der Waals surface area contributed by atoms with E-state index < -0.39 is 6.61 Å². The molecule has 3 nitrogen and oxygen atoms in total. The quantitative estimate of drug-likeness (QED) is 0.889. The zero-order chi connectivity index (χ0) is 15.2. The lowest BCUT2D eigenvalue weighted by Crippen LogP contribution is -2.03. The van der Waals surface area contributed by atoms with Crippen LogP contribution in [0.4, 0.5) is 14.5 Å². The SMILES string of the molecule is N#Cc1ccc(CNc2ccc(OC(F)F)cc2)c(Cl)c1. The summed E-state index contributed by atoms with van der Waals surface area (Å²) in [6.45, 7) is -2.37. The Bertz CT molecular complexity index is 654. The van der Waals surface area contributed by atoms with Crippen LogP contribution in [0.2, 0.25) is 5.02 Å². The highest BCUT2D eigenvalue weighted by Crippen LogP contribution is 2.21. The van der Waals surface area contributed by atoms with E-state index in [0.29, 0.717) is 17.1 Å². The van der Waals surface area contributed by atoms with Crippen molar-refractivity contribution in [3.05, 3.63) is 58.6 Å². The van der Waals surface area contributed by atoms with Gasteiger partial charge in [0.2, 0.25) is 0 Å². The van der Waals surface area contributed by atoms with Crippen LogP contribution in [-0.4, -0.2) is 6.61 Å². The van der Waals surface area contributed by atoms with E-state index in [9.17, 15) is 8.78 Å². The topological polar surface area (TPSA) is 45.0 Å². The van der Waals surface area contributed by atoms with E-state index in [1.54, 1.807) is 30.3 Å². The highest BCUT2D eigenvalue weighted by molar-refractivity contribution is 6.31.